The molecule has 0 unspecified atom stereocenters. The molecule has 1 saturated heterocycles. The van der Waals surface area contributed by atoms with Crippen LogP contribution in [-0.2, 0) is 0 Å². The van der Waals surface area contributed by atoms with Gasteiger partial charge in [-0.25, -0.2) is 0 Å². The number of anilines is 1. The van der Waals surface area contributed by atoms with Gasteiger partial charge >= 0.3 is 0 Å². The number of nitrogens with zero attached hydrogens (tertiary/aromatic N) is 4. The third-order valence-electron chi connectivity index (χ3n) is 5.52. The fraction of sp³-hybridized carbons (Fsp3) is 0.292. The Morgan fingerprint density at radius 1 is 0.871 bits per heavy atom. The lowest BCUT2D eigenvalue weighted by Gasteiger charge is -2.35. The molecule has 4 rings (SSSR count). The first kappa shape index (κ1) is 20.7. The summed E-state index contributed by atoms with van der Waals surface area (Å²) in [5.41, 5.74) is 3.62. The van der Waals surface area contributed by atoms with Crippen LogP contribution in [0.5, 0.6) is 11.5 Å². The largest absolute Gasteiger partial charge is 0.493 e. The number of aryl methyl sites for hydroxylation is 1. The molecule has 0 saturated carbocycles. The third-order valence-corrected chi connectivity index (χ3v) is 5.52. The number of ether oxygens (including phenoxy) is 2. The third kappa shape index (κ3) is 4.30. The zero-order valence-corrected chi connectivity index (χ0v) is 18.0. The minimum Gasteiger partial charge on any atom is -0.493 e. The van der Waals surface area contributed by atoms with Crippen LogP contribution in [0.15, 0.2) is 54.6 Å². The van der Waals surface area contributed by atoms with E-state index in [0.29, 0.717) is 43.2 Å². The molecule has 2 aromatic carbocycles. The van der Waals surface area contributed by atoms with Crippen molar-refractivity contribution in [2.75, 3.05) is 45.3 Å². The summed E-state index contributed by atoms with van der Waals surface area (Å²) in [5, 5.41) is 8.81. The van der Waals surface area contributed by atoms with Gasteiger partial charge in [0.2, 0.25) is 0 Å². The van der Waals surface area contributed by atoms with Crippen molar-refractivity contribution in [1.82, 2.24) is 15.1 Å². The van der Waals surface area contributed by atoms with E-state index in [9.17, 15) is 4.79 Å². The number of benzene rings is 2. The number of aromatic nitrogens is 2. The second-order valence-corrected chi connectivity index (χ2v) is 7.46. The van der Waals surface area contributed by atoms with Gasteiger partial charge in [-0.3, -0.25) is 4.79 Å². The molecular weight excluding hydrogens is 392 g/mol. The van der Waals surface area contributed by atoms with Gasteiger partial charge in [-0.15, -0.1) is 10.2 Å². The molecule has 0 N–H and O–H groups in total. The van der Waals surface area contributed by atoms with Crippen LogP contribution in [0.4, 0.5) is 5.82 Å². The van der Waals surface area contributed by atoms with Gasteiger partial charge in [-0.05, 0) is 31.2 Å². The van der Waals surface area contributed by atoms with E-state index in [2.05, 4.69) is 46.3 Å². The van der Waals surface area contributed by atoms with E-state index in [-0.39, 0.29) is 5.91 Å². The number of methoxy groups -OCH3 is 2. The van der Waals surface area contributed by atoms with Gasteiger partial charge in [0, 0.05) is 31.7 Å². The van der Waals surface area contributed by atoms with Gasteiger partial charge in [0.25, 0.3) is 5.91 Å². The molecule has 0 bridgehead atoms. The Hall–Kier alpha value is -3.61. The van der Waals surface area contributed by atoms with Crippen molar-refractivity contribution in [1.29, 1.82) is 0 Å². The fourth-order valence-electron chi connectivity index (χ4n) is 3.74. The zero-order chi connectivity index (χ0) is 21.8. The number of rotatable bonds is 5. The van der Waals surface area contributed by atoms with Crippen LogP contribution < -0.4 is 14.4 Å². The SMILES string of the molecule is COc1cccc(C(=O)N2CCN(c3ccc(-c4ccc(C)cc4)nn3)CC2)c1OC. The zero-order valence-electron chi connectivity index (χ0n) is 18.0. The topological polar surface area (TPSA) is 67.8 Å². The molecule has 1 aromatic heterocycles. The minimum atomic E-state index is -0.0591. The van der Waals surface area contributed by atoms with E-state index in [1.165, 1.54) is 5.56 Å². The van der Waals surface area contributed by atoms with Crippen molar-refractivity contribution in [2.45, 2.75) is 6.92 Å². The average molecular weight is 418 g/mol. The molecule has 2 heterocycles. The Kier molecular flexibility index (Phi) is 6.02. The first-order valence-corrected chi connectivity index (χ1v) is 10.3. The Morgan fingerprint density at radius 2 is 1.61 bits per heavy atom. The first-order chi connectivity index (χ1) is 15.1. The lowest BCUT2D eigenvalue weighted by atomic mass is 10.1. The summed E-state index contributed by atoms with van der Waals surface area (Å²) < 4.78 is 10.7. The van der Waals surface area contributed by atoms with E-state index < -0.39 is 0 Å². The lowest BCUT2D eigenvalue weighted by Crippen LogP contribution is -2.49. The van der Waals surface area contributed by atoms with Crippen molar-refractivity contribution in [3.05, 3.63) is 65.7 Å². The minimum absolute atomic E-state index is 0.0591. The summed E-state index contributed by atoms with van der Waals surface area (Å²) in [4.78, 5) is 17.0. The Labute approximate surface area is 182 Å². The van der Waals surface area contributed by atoms with Crippen LogP contribution in [0, 0.1) is 6.92 Å². The maximum atomic E-state index is 13.1. The van der Waals surface area contributed by atoms with Crippen LogP contribution in [0.3, 0.4) is 0 Å². The van der Waals surface area contributed by atoms with E-state index in [1.54, 1.807) is 32.4 Å². The summed E-state index contributed by atoms with van der Waals surface area (Å²) in [5.74, 6) is 1.78. The molecule has 7 nitrogen and oxygen atoms in total. The molecule has 1 aliphatic rings. The second kappa shape index (κ2) is 9.04. The van der Waals surface area contributed by atoms with Crippen molar-refractivity contribution in [3.63, 3.8) is 0 Å². The quantitative estimate of drug-likeness (QED) is 0.632. The molecule has 7 heteroatoms. The van der Waals surface area contributed by atoms with Gasteiger partial charge in [-0.2, -0.15) is 0 Å². The summed E-state index contributed by atoms with van der Waals surface area (Å²) in [6, 6.07) is 17.6. The monoisotopic (exact) mass is 418 g/mol. The maximum Gasteiger partial charge on any atom is 0.257 e. The van der Waals surface area contributed by atoms with Crippen molar-refractivity contribution < 1.29 is 14.3 Å². The van der Waals surface area contributed by atoms with Gasteiger partial charge < -0.3 is 19.3 Å². The standard InChI is InChI=1S/C24H26N4O3/c1-17-7-9-18(10-8-17)20-11-12-22(26-25-20)27-13-15-28(16-14-27)24(29)19-5-4-6-21(30-2)23(19)31-3/h4-12H,13-16H2,1-3H3. The van der Waals surface area contributed by atoms with Crippen LogP contribution >= 0.6 is 0 Å². The summed E-state index contributed by atoms with van der Waals surface area (Å²) in [7, 11) is 3.11. The van der Waals surface area contributed by atoms with Gasteiger partial charge in [0.05, 0.1) is 25.5 Å². The van der Waals surface area contributed by atoms with E-state index in [0.717, 1.165) is 17.1 Å². The van der Waals surface area contributed by atoms with Gasteiger partial charge in [0.15, 0.2) is 17.3 Å². The molecule has 0 radical (unpaired) electrons. The van der Waals surface area contributed by atoms with E-state index in [4.69, 9.17) is 9.47 Å². The van der Waals surface area contributed by atoms with E-state index >= 15 is 0 Å². The number of amides is 1. The van der Waals surface area contributed by atoms with Crippen molar-refractivity contribution >= 4 is 11.7 Å². The molecule has 1 fully saturated rings. The fourth-order valence-corrected chi connectivity index (χ4v) is 3.74. The summed E-state index contributed by atoms with van der Waals surface area (Å²) in [6.45, 7) is 4.64. The number of carbonyl (C=O) groups is 1. The van der Waals surface area contributed by atoms with Crippen LogP contribution in [0.25, 0.3) is 11.3 Å². The Bertz CT molecular complexity index is 1040. The molecular formula is C24H26N4O3. The number of hydrogen-bond donors (Lipinski definition) is 0. The predicted molar refractivity (Wildman–Crippen MR) is 120 cm³/mol. The smallest absolute Gasteiger partial charge is 0.257 e. The Morgan fingerprint density at radius 3 is 2.23 bits per heavy atom. The molecule has 0 aliphatic carbocycles. The normalized spacial score (nSPS) is 13.8. The summed E-state index contributed by atoms with van der Waals surface area (Å²) >= 11 is 0. The van der Waals surface area contributed by atoms with Crippen molar-refractivity contribution in [2.24, 2.45) is 0 Å². The molecule has 1 aliphatic heterocycles. The van der Waals surface area contributed by atoms with Crippen molar-refractivity contribution in [3.8, 4) is 22.8 Å². The number of carbonyl (C=O) groups excluding carboxylic acids is 1. The molecule has 31 heavy (non-hydrogen) atoms. The summed E-state index contributed by atoms with van der Waals surface area (Å²) in [6.07, 6.45) is 0. The second-order valence-electron chi connectivity index (χ2n) is 7.46. The highest BCUT2D eigenvalue weighted by Crippen LogP contribution is 2.31. The van der Waals surface area contributed by atoms with Crippen LogP contribution in [0.1, 0.15) is 15.9 Å². The highest BCUT2D eigenvalue weighted by Gasteiger charge is 2.26. The number of piperazine rings is 1. The van der Waals surface area contributed by atoms with Gasteiger partial charge in [-0.1, -0.05) is 35.9 Å². The van der Waals surface area contributed by atoms with Crippen LogP contribution in [0.2, 0.25) is 0 Å². The molecule has 0 atom stereocenters. The predicted octanol–water partition coefficient (Wildman–Crippen LogP) is 3.43. The number of hydrogen-bond acceptors (Lipinski definition) is 6. The molecule has 1 amide bonds. The Balaban J connectivity index is 1.42. The van der Waals surface area contributed by atoms with Gasteiger partial charge in [0.1, 0.15) is 0 Å². The average Bonchev–Trinajstić information content (AvgIpc) is 2.83. The molecule has 3 aromatic rings. The molecule has 0 spiro atoms. The highest BCUT2D eigenvalue weighted by molar-refractivity contribution is 5.98. The van der Waals surface area contributed by atoms with Crippen LogP contribution in [-0.4, -0.2) is 61.4 Å². The van der Waals surface area contributed by atoms with E-state index in [1.807, 2.05) is 17.0 Å². The maximum absolute atomic E-state index is 13.1. The molecule has 160 valence electrons. The lowest BCUT2D eigenvalue weighted by molar-refractivity contribution is 0.0742. The highest BCUT2D eigenvalue weighted by atomic mass is 16.5. The first-order valence-electron chi connectivity index (χ1n) is 10.3. The number of para-hydroxylation sites is 1.